The van der Waals surface area contributed by atoms with Crippen LogP contribution in [0.15, 0.2) is 97.1 Å². The van der Waals surface area contributed by atoms with Crippen LogP contribution in [0.1, 0.15) is 17.0 Å². The van der Waals surface area contributed by atoms with E-state index in [0.717, 1.165) is 27.5 Å². The molecule has 7 rings (SSSR count). The van der Waals surface area contributed by atoms with Crippen molar-refractivity contribution in [3.8, 4) is 11.5 Å². The molecule has 0 spiro atoms. The van der Waals surface area contributed by atoms with Gasteiger partial charge in [-0.1, -0.05) is 66.7 Å². The number of rotatable bonds is 3. The van der Waals surface area contributed by atoms with Gasteiger partial charge in [0, 0.05) is 11.5 Å². The number of ether oxygens (including phenoxy) is 2. The Morgan fingerprint density at radius 1 is 0.763 bits per heavy atom. The lowest BCUT2D eigenvalue weighted by molar-refractivity contribution is -0.142. The third kappa shape index (κ3) is 3.16. The van der Waals surface area contributed by atoms with Crippen molar-refractivity contribution in [2.45, 2.75) is 5.92 Å². The largest absolute Gasteiger partial charge is 0.497 e. The summed E-state index contributed by atoms with van der Waals surface area (Å²) in [5.41, 5.74) is 2.93. The fourth-order valence-electron chi connectivity index (χ4n) is 6.31. The molecule has 0 bridgehead atoms. The molecule has 2 heterocycles. The Morgan fingerprint density at radius 3 is 2.24 bits per heavy atom. The van der Waals surface area contributed by atoms with E-state index in [1.807, 2.05) is 66.7 Å². The number of carbonyl (C=O) groups excluding carboxylic acids is 3. The van der Waals surface area contributed by atoms with E-state index in [0.29, 0.717) is 17.2 Å². The zero-order valence-electron chi connectivity index (χ0n) is 20.5. The van der Waals surface area contributed by atoms with E-state index in [2.05, 4.69) is 0 Å². The summed E-state index contributed by atoms with van der Waals surface area (Å²) in [5.74, 6) is -2.93. The minimum absolute atomic E-state index is 0.307. The van der Waals surface area contributed by atoms with Crippen molar-refractivity contribution in [3.05, 3.63) is 108 Å². The second-order valence-corrected chi connectivity index (χ2v) is 9.88. The second kappa shape index (κ2) is 8.42. The van der Waals surface area contributed by atoms with E-state index in [9.17, 15) is 14.4 Å². The van der Waals surface area contributed by atoms with E-state index < -0.39 is 29.6 Å². The van der Waals surface area contributed by atoms with Gasteiger partial charge in [0.25, 0.3) is 0 Å². The topological polar surface area (TPSA) is 72.9 Å². The van der Waals surface area contributed by atoms with Gasteiger partial charge in [-0.2, -0.15) is 0 Å². The number of para-hydroxylation sites is 1. The predicted octanol–water partition coefficient (Wildman–Crippen LogP) is 5.37. The van der Waals surface area contributed by atoms with E-state index >= 15 is 0 Å². The Kier molecular flexibility index (Phi) is 4.98. The van der Waals surface area contributed by atoms with E-state index in [1.54, 1.807) is 37.4 Å². The minimum Gasteiger partial charge on any atom is -0.497 e. The number of esters is 1. The van der Waals surface area contributed by atoms with Crippen molar-refractivity contribution >= 4 is 39.8 Å². The Bertz CT molecular complexity index is 1660. The van der Waals surface area contributed by atoms with Gasteiger partial charge < -0.3 is 9.47 Å². The second-order valence-electron chi connectivity index (χ2n) is 9.88. The lowest BCUT2D eigenvalue weighted by atomic mass is 9.64. The molecule has 2 amide bonds. The molecule has 4 aromatic rings. The SMILES string of the molecule is COc1ccc([C@@H]2C=C3c4c(ccc5ccccc45)OC(=O)[C@@H]3[C@H]3C(=O)N(c4ccccc4)C(=O)[C@@H]32)cc1. The quantitative estimate of drug-likeness (QED) is 0.214. The molecule has 1 saturated heterocycles. The standard InChI is InChI=1S/C32H23NO5/c1-37-21-14-11-19(12-15-21)23-17-24-26-22-10-6-5-7-18(22)13-16-25(26)38-32(36)28(24)29-27(23)30(34)33(31(29)35)20-8-3-2-4-9-20/h2-17,23,27-29H,1H3/t23-,27+,28-,29-/m0/s1. The zero-order chi connectivity index (χ0) is 26.0. The maximum absolute atomic E-state index is 14.1. The average Bonchev–Trinajstić information content (AvgIpc) is 3.22. The maximum Gasteiger partial charge on any atom is 0.319 e. The van der Waals surface area contributed by atoms with Crippen molar-refractivity contribution in [1.29, 1.82) is 0 Å². The number of benzene rings is 4. The zero-order valence-corrected chi connectivity index (χ0v) is 20.5. The molecule has 4 aromatic carbocycles. The van der Waals surface area contributed by atoms with Crippen LogP contribution in [0.4, 0.5) is 5.69 Å². The predicted molar refractivity (Wildman–Crippen MR) is 143 cm³/mol. The molecule has 6 nitrogen and oxygen atoms in total. The van der Waals surface area contributed by atoms with Gasteiger partial charge in [0.05, 0.1) is 30.6 Å². The van der Waals surface area contributed by atoms with Crippen LogP contribution in [0.5, 0.6) is 11.5 Å². The third-order valence-corrected chi connectivity index (χ3v) is 8.00. The molecular weight excluding hydrogens is 478 g/mol. The molecule has 4 atom stereocenters. The van der Waals surface area contributed by atoms with Crippen molar-refractivity contribution in [2.24, 2.45) is 17.8 Å². The van der Waals surface area contributed by atoms with Gasteiger partial charge in [-0.05, 0) is 52.2 Å². The first-order valence-corrected chi connectivity index (χ1v) is 12.6. The van der Waals surface area contributed by atoms with Crippen LogP contribution in [-0.4, -0.2) is 24.9 Å². The van der Waals surface area contributed by atoms with Crippen molar-refractivity contribution in [1.82, 2.24) is 0 Å². The van der Waals surface area contributed by atoms with E-state index in [-0.39, 0.29) is 11.8 Å². The van der Waals surface area contributed by atoms with Gasteiger partial charge >= 0.3 is 5.97 Å². The van der Waals surface area contributed by atoms with Crippen LogP contribution in [0.25, 0.3) is 16.3 Å². The van der Waals surface area contributed by atoms with Gasteiger partial charge in [0.1, 0.15) is 11.5 Å². The fourth-order valence-corrected chi connectivity index (χ4v) is 6.31. The summed E-state index contributed by atoms with van der Waals surface area (Å²) in [7, 11) is 1.60. The van der Waals surface area contributed by atoms with E-state index in [1.165, 1.54) is 4.90 Å². The minimum atomic E-state index is -0.880. The monoisotopic (exact) mass is 501 g/mol. The molecule has 3 aliphatic rings. The molecule has 0 N–H and O–H groups in total. The summed E-state index contributed by atoms with van der Waals surface area (Å²) in [4.78, 5) is 42.8. The molecule has 1 aliphatic carbocycles. The molecule has 38 heavy (non-hydrogen) atoms. The van der Waals surface area contributed by atoms with E-state index in [4.69, 9.17) is 9.47 Å². The summed E-state index contributed by atoms with van der Waals surface area (Å²) in [6.45, 7) is 0. The number of fused-ring (bicyclic) bond motifs is 7. The van der Waals surface area contributed by atoms with Crippen LogP contribution in [0.3, 0.4) is 0 Å². The van der Waals surface area contributed by atoms with Crippen LogP contribution >= 0.6 is 0 Å². The molecule has 0 radical (unpaired) electrons. The molecule has 6 heteroatoms. The van der Waals surface area contributed by atoms with Gasteiger partial charge in [0.2, 0.25) is 11.8 Å². The molecule has 186 valence electrons. The van der Waals surface area contributed by atoms with Gasteiger partial charge in [-0.15, -0.1) is 0 Å². The summed E-state index contributed by atoms with van der Waals surface area (Å²) in [6, 6.07) is 28.1. The number of imide groups is 1. The van der Waals surface area contributed by atoms with Crippen molar-refractivity contribution < 1.29 is 23.9 Å². The number of hydrogen-bond acceptors (Lipinski definition) is 5. The average molecular weight is 502 g/mol. The number of hydrogen-bond donors (Lipinski definition) is 0. The Labute approximate surface area is 219 Å². The third-order valence-electron chi connectivity index (χ3n) is 8.00. The first-order chi connectivity index (χ1) is 18.6. The normalized spacial score (nSPS) is 23.9. The van der Waals surface area contributed by atoms with Crippen LogP contribution in [0, 0.1) is 17.8 Å². The van der Waals surface area contributed by atoms with Crippen LogP contribution < -0.4 is 14.4 Å². The highest BCUT2D eigenvalue weighted by molar-refractivity contribution is 6.25. The molecule has 0 aromatic heterocycles. The molecule has 1 fully saturated rings. The number of allylic oxidation sites excluding steroid dienone is 1. The van der Waals surface area contributed by atoms with Crippen molar-refractivity contribution in [2.75, 3.05) is 12.0 Å². The van der Waals surface area contributed by atoms with Gasteiger partial charge in [-0.25, -0.2) is 4.90 Å². The molecule has 0 unspecified atom stereocenters. The van der Waals surface area contributed by atoms with Crippen molar-refractivity contribution in [3.63, 3.8) is 0 Å². The Morgan fingerprint density at radius 2 is 1.47 bits per heavy atom. The molecule has 2 aliphatic heterocycles. The first kappa shape index (κ1) is 22.5. The molecule has 0 saturated carbocycles. The summed E-state index contributed by atoms with van der Waals surface area (Å²) < 4.78 is 11.2. The summed E-state index contributed by atoms with van der Waals surface area (Å²) in [6.07, 6.45) is 2.01. The molecular formula is C32H23NO5. The van der Waals surface area contributed by atoms with Crippen LogP contribution in [-0.2, 0) is 14.4 Å². The smallest absolute Gasteiger partial charge is 0.319 e. The maximum atomic E-state index is 14.1. The number of amides is 2. The van der Waals surface area contributed by atoms with Crippen LogP contribution in [0.2, 0.25) is 0 Å². The highest BCUT2D eigenvalue weighted by Gasteiger charge is 2.60. The number of nitrogens with zero attached hydrogens (tertiary/aromatic N) is 1. The summed E-state index contributed by atoms with van der Waals surface area (Å²) >= 11 is 0. The summed E-state index contributed by atoms with van der Waals surface area (Å²) in [5, 5.41) is 1.95. The van der Waals surface area contributed by atoms with Gasteiger partial charge in [0.15, 0.2) is 0 Å². The van der Waals surface area contributed by atoms with Gasteiger partial charge in [-0.3, -0.25) is 14.4 Å². The number of carbonyl (C=O) groups is 3. The Balaban J connectivity index is 1.47. The lowest BCUT2D eigenvalue weighted by Gasteiger charge is -2.38. The fraction of sp³-hybridized carbons (Fsp3) is 0.156. The number of anilines is 1. The highest BCUT2D eigenvalue weighted by atomic mass is 16.5. The Hall–Kier alpha value is -4.71. The lowest BCUT2D eigenvalue weighted by Crippen LogP contribution is -2.42. The first-order valence-electron chi connectivity index (χ1n) is 12.6. The highest BCUT2D eigenvalue weighted by Crippen LogP contribution is 2.55. The number of methoxy groups -OCH3 is 1.